The first kappa shape index (κ1) is 31.9. The van der Waals surface area contributed by atoms with E-state index < -0.39 is 79.4 Å². The first-order valence-electron chi connectivity index (χ1n) is 10.0. The number of hydrogen-bond acceptors (Lipinski definition) is 12. The third kappa shape index (κ3) is 13.6. The second-order valence-electron chi connectivity index (χ2n) is 7.20. The number of carboxylic acid groups (broad SMARTS) is 4. The molecule has 0 saturated carbocycles. The van der Waals surface area contributed by atoms with Crippen LogP contribution in [0.1, 0.15) is 18.4 Å². The zero-order valence-electron chi connectivity index (χ0n) is 18.8. The van der Waals surface area contributed by atoms with Gasteiger partial charge < -0.3 is 52.8 Å². The Morgan fingerprint density at radius 3 is 1.53 bits per heavy atom. The molecule has 16 heteroatoms. The maximum Gasteiger partial charge on any atom is 0.328 e. The summed E-state index contributed by atoms with van der Waals surface area (Å²) >= 11 is 0. The molecule has 4 atom stereocenters. The third-order valence-electron chi connectivity index (χ3n) is 4.03. The van der Waals surface area contributed by atoms with E-state index >= 15 is 0 Å². The summed E-state index contributed by atoms with van der Waals surface area (Å²) in [5.74, 6) is -6.53. The average Bonchev–Trinajstić information content (AvgIpc) is 2.77. The minimum Gasteiger partial charge on any atom is -0.481 e. The molecule has 0 radical (unpaired) electrons. The van der Waals surface area contributed by atoms with Crippen molar-refractivity contribution in [3.8, 4) is 5.75 Å². The van der Waals surface area contributed by atoms with Gasteiger partial charge in [-0.1, -0.05) is 12.1 Å². The van der Waals surface area contributed by atoms with Crippen LogP contribution in [0.2, 0.25) is 0 Å². The normalized spacial score (nSPS) is 13.6. The van der Waals surface area contributed by atoms with E-state index in [-0.39, 0.29) is 12.2 Å². The Bertz CT molecular complexity index is 937. The molecular formula is C20H28N4O12. The van der Waals surface area contributed by atoms with Crippen LogP contribution in [-0.2, 0) is 39.9 Å². The van der Waals surface area contributed by atoms with Crippen molar-refractivity contribution < 1.29 is 58.7 Å². The topological polar surface area (TPSA) is 306 Å². The van der Waals surface area contributed by atoms with Crippen molar-refractivity contribution >= 4 is 35.8 Å². The SMILES string of the molecule is NC(COC(=O)C(N)CC(=O)O)C(=O)O.NC(Cc1ccc(OC(=O)C(N)CC(=O)O)cc1)C(=O)O. The number of benzene rings is 1. The summed E-state index contributed by atoms with van der Waals surface area (Å²) in [6.07, 6.45) is -0.965. The van der Waals surface area contributed by atoms with Crippen molar-refractivity contribution in [3.63, 3.8) is 0 Å². The van der Waals surface area contributed by atoms with Crippen molar-refractivity contribution in [2.75, 3.05) is 6.61 Å². The predicted molar refractivity (Wildman–Crippen MR) is 118 cm³/mol. The summed E-state index contributed by atoms with van der Waals surface area (Å²) in [5, 5.41) is 33.8. The van der Waals surface area contributed by atoms with Gasteiger partial charge in [0.2, 0.25) is 0 Å². The van der Waals surface area contributed by atoms with Crippen LogP contribution in [0, 0.1) is 0 Å². The maximum absolute atomic E-state index is 11.5. The Labute approximate surface area is 203 Å². The van der Waals surface area contributed by atoms with E-state index in [0.29, 0.717) is 5.56 Å². The molecule has 4 unspecified atom stereocenters. The van der Waals surface area contributed by atoms with Crippen LogP contribution in [0.15, 0.2) is 24.3 Å². The molecule has 0 fully saturated rings. The number of carbonyl (C=O) groups excluding carboxylic acids is 2. The summed E-state index contributed by atoms with van der Waals surface area (Å²) in [7, 11) is 0. The number of nitrogens with two attached hydrogens (primary N) is 4. The highest BCUT2D eigenvalue weighted by Crippen LogP contribution is 2.14. The number of hydrogen-bond donors (Lipinski definition) is 8. The number of rotatable bonds is 13. The van der Waals surface area contributed by atoms with E-state index in [2.05, 4.69) is 4.74 Å². The van der Waals surface area contributed by atoms with E-state index in [1.165, 1.54) is 12.1 Å². The van der Waals surface area contributed by atoms with E-state index in [9.17, 15) is 28.8 Å². The minimum atomic E-state index is -1.34. The lowest BCUT2D eigenvalue weighted by atomic mass is 10.1. The van der Waals surface area contributed by atoms with E-state index in [4.69, 9.17) is 48.1 Å². The molecule has 0 bridgehead atoms. The predicted octanol–water partition coefficient (Wildman–Crippen LogP) is -2.91. The van der Waals surface area contributed by atoms with Gasteiger partial charge in [0.15, 0.2) is 0 Å². The van der Waals surface area contributed by atoms with E-state index in [1.54, 1.807) is 12.1 Å². The molecule has 36 heavy (non-hydrogen) atoms. The van der Waals surface area contributed by atoms with Crippen LogP contribution in [0.5, 0.6) is 5.75 Å². The molecule has 1 aromatic carbocycles. The van der Waals surface area contributed by atoms with Crippen molar-refractivity contribution in [3.05, 3.63) is 29.8 Å². The van der Waals surface area contributed by atoms with Gasteiger partial charge in [0, 0.05) is 0 Å². The summed E-state index contributed by atoms with van der Waals surface area (Å²) in [5.41, 5.74) is 21.6. The molecule has 0 aliphatic rings. The standard InChI is InChI=1S/C13H16N2O6.C7H12N2O6/c14-9(12(18)19)5-7-1-3-8(4-2-7)21-13(20)10(15)6-11(16)17;8-3(1-5(10)11)7(14)15-2-4(9)6(12)13/h1-4,9-10H,5-6,14-15H2,(H,16,17)(H,18,19);3-4H,1-2,8-9H2,(H,10,11)(H,12,13). The molecule has 0 saturated heterocycles. The quantitative estimate of drug-likeness (QED) is 0.0961. The van der Waals surface area contributed by atoms with Gasteiger partial charge in [-0.2, -0.15) is 0 Å². The van der Waals surface area contributed by atoms with E-state index in [0.717, 1.165) is 0 Å². The third-order valence-corrected chi connectivity index (χ3v) is 4.03. The Kier molecular flexibility index (Phi) is 13.9. The summed E-state index contributed by atoms with van der Waals surface area (Å²) in [6.45, 7) is -0.540. The van der Waals surface area contributed by atoms with Gasteiger partial charge >= 0.3 is 35.8 Å². The second kappa shape index (κ2) is 15.7. The van der Waals surface area contributed by atoms with E-state index in [1.807, 2.05) is 0 Å². The lowest BCUT2D eigenvalue weighted by Crippen LogP contribution is -2.40. The highest BCUT2D eigenvalue weighted by molar-refractivity contribution is 5.83. The van der Waals surface area contributed by atoms with Crippen molar-refractivity contribution in [2.45, 2.75) is 43.4 Å². The molecule has 12 N–H and O–H groups in total. The Hall–Kier alpha value is -4.12. The Balaban J connectivity index is 0.000000723. The molecule has 0 spiro atoms. The number of carboxylic acids is 4. The minimum absolute atomic E-state index is 0.141. The molecule has 0 aliphatic carbocycles. The largest absolute Gasteiger partial charge is 0.481 e. The summed E-state index contributed by atoms with van der Waals surface area (Å²) < 4.78 is 9.30. The second-order valence-corrected chi connectivity index (χ2v) is 7.20. The summed E-state index contributed by atoms with van der Waals surface area (Å²) in [4.78, 5) is 63.9. The summed E-state index contributed by atoms with van der Waals surface area (Å²) in [6, 6.07) is 1.12. The van der Waals surface area contributed by atoms with Crippen LogP contribution in [0.25, 0.3) is 0 Å². The van der Waals surface area contributed by atoms with Gasteiger partial charge in [-0.15, -0.1) is 0 Å². The zero-order chi connectivity index (χ0) is 28.0. The monoisotopic (exact) mass is 516 g/mol. The van der Waals surface area contributed by atoms with Gasteiger partial charge in [-0.05, 0) is 24.1 Å². The molecule has 200 valence electrons. The Morgan fingerprint density at radius 2 is 1.11 bits per heavy atom. The fourth-order valence-electron chi connectivity index (χ4n) is 2.12. The van der Waals surface area contributed by atoms with Crippen LogP contribution in [0.4, 0.5) is 0 Å². The first-order chi connectivity index (χ1) is 16.6. The van der Waals surface area contributed by atoms with Crippen molar-refractivity contribution in [1.29, 1.82) is 0 Å². The Morgan fingerprint density at radius 1 is 0.667 bits per heavy atom. The molecule has 1 aromatic rings. The maximum atomic E-state index is 11.5. The number of carbonyl (C=O) groups is 6. The van der Waals surface area contributed by atoms with Crippen molar-refractivity contribution in [2.24, 2.45) is 22.9 Å². The molecule has 0 heterocycles. The fourth-order valence-corrected chi connectivity index (χ4v) is 2.12. The number of aliphatic carboxylic acids is 4. The number of ether oxygens (including phenoxy) is 2. The highest BCUT2D eigenvalue weighted by Gasteiger charge is 2.21. The fraction of sp³-hybridized carbons (Fsp3) is 0.400. The van der Waals surface area contributed by atoms with Gasteiger partial charge in [0.1, 0.15) is 36.5 Å². The van der Waals surface area contributed by atoms with Crippen molar-refractivity contribution in [1.82, 2.24) is 0 Å². The molecule has 0 aromatic heterocycles. The molecule has 16 nitrogen and oxygen atoms in total. The van der Waals surface area contributed by atoms with Gasteiger partial charge in [-0.3, -0.25) is 24.0 Å². The first-order valence-corrected chi connectivity index (χ1v) is 10.0. The molecule has 0 amide bonds. The highest BCUT2D eigenvalue weighted by atomic mass is 16.5. The molecular weight excluding hydrogens is 488 g/mol. The van der Waals surface area contributed by atoms with Crippen LogP contribution >= 0.6 is 0 Å². The van der Waals surface area contributed by atoms with Crippen LogP contribution in [-0.4, -0.2) is 87.0 Å². The lowest BCUT2D eigenvalue weighted by Gasteiger charge is -2.11. The zero-order valence-corrected chi connectivity index (χ0v) is 18.8. The average molecular weight is 516 g/mol. The van der Waals surface area contributed by atoms with Gasteiger partial charge in [-0.25, -0.2) is 4.79 Å². The van der Waals surface area contributed by atoms with Crippen LogP contribution < -0.4 is 27.7 Å². The van der Waals surface area contributed by atoms with Gasteiger partial charge in [0.25, 0.3) is 0 Å². The smallest absolute Gasteiger partial charge is 0.328 e. The number of esters is 2. The lowest BCUT2D eigenvalue weighted by molar-refractivity contribution is -0.152. The molecule has 1 rings (SSSR count). The molecule has 0 aliphatic heterocycles. The van der Waals surface area contributed by atoms with Crippen LogP contribution in [0.3, 0.4) is 0 Å². The van der Waals surface area contributed by atoms with Gasteiger partial charge in [0.05, 0.1) is 12.8 Å².